The van der Waals surface area contributed by atoms with Crippen molar-refractivity contribution in [3.63, 3.8) is 0 Å². The van der Waals surface area contributed by atoms with Gasteiger partial charge in [0.15, 0.2) is 0 Å². The highest BCUT2D eigenvalue weighted by atomic mass is 16.5. The minimum Gasteiger partial charge on any atom is -0.497 e. The number of ether oxygens (including phenoxy) is 1. The molecule has 15 heavy (non-hydrogen) atoms. The van der Waals surface area contributed by atoms with E-state index in [1.807, 2.05) is 24.3 Å². The smallest absolute Gasteiger partial charge is 0.119 e. The molecule has 0 radical (unpaired) electrons. The first-order chi connectivity index (χ1) is 7.13. The average Bonchev–Trinajstić information content (AvgIpc) is 2.96. The molecule has 1 aromatic carbocycles. The highest BCUT2D eigenvalue weighted by Gasteiger charge is 2.39. The molecule has 1 saturated carbocycles. The molecule has 0 bridgehead atoms. The van der Waals surface area contributed by atoms with Crippen molar-refractivity contribution in [1.29, 1.82) is 0 Å². The van der Waals surface area contributed by atoms with Crippen molar-refractivity contribution in [1.82, 2.24) is 0 Å². The third kappa shape index (κ3) is 2.49. The number of methoxy groups -OCH3 is 1. The summed E-state index contributed by atoms with van der Waals surface area (Å²) >= 11 is 0. The molecule has 0 amide bonds. The minimum absolute atomic E-state index is 0.123. The molecule has 1 atom stereocenters. The van der Waals surface area contributed by atoms with Gasteiger partial charge >= 0.3 is 0 Å². The third-order valence-corrected chi connectivity index (χ3v) is 2.97. The first-order valence-corrected chi connectivity index (χ1v) is 5.24. The maximum absolute atomic E-state index is 9.98. The second kappa shape index (κ2) is 3.83. The summed E-state index contributed by atoms with van der Waals surface area (Å²) in [5.41, 5.74) is 6.72. The monoisotopic (exact) mass is 207 g/mol. The summed E-state index contributed by atoms with van der Waals surface area (Å²) in [7, 11) is 1.62. The van der Waals surface area contributed by atoms with Crippen LogP contribution in [-0.2, 0) is 0 Å². The van der Waals surface area contributed by atoms with Gasteiger partial charge < -0.3 is 15.6 Å². The van der Waals surface area contributed by atoms with Crippen molar-refractivity contribution in [3.8, 4) is 5.75 Å². The highest BCUT2D eigenvalue weighted by Crippen LogP contribution is 2.40. The van der Waals surface area contributed by atoms with Gasteiger partial charge in [0.1, 0.15) is 5.75 Å². The largest absolute Gasteiger partial charge is 0.497 e. The van der Waals surface area contributed by atoms with Gasteiger partial charge in [-0.2, -0.15) is 0 Å². The third-order valence-electron chi connectivity index (χ3n) is 2.97. The summed E-state index contributed by atoms with van der Waals surface area (Å²) in [6.45, 7) is 0. The van der Waals surface area contributed by atoms with Crippen molar-refractivity contribution in [2.45, 2.75) is 30.9 Å². The van der Waals surface area contributed by atoms with Crippen molar-refractivity contribution < 1.29 is 9.84 Å². The van der Waals surface area contributed by atoms with Crippen molar-refractivity contribution >= 4 is 0 Å². The fourth-order valence-corrected chi connectivity index (χ4v) is 1.72. The zero-order chi connectivity index (χ0) is 10.9. The van der Waals surface area contributed by atoms with Gasteiger partial charge in [0, 0.05) is 5.54 Å². The number of rotatable bonds is 4. The van der Waals surface area contributed by atoms with Crippen LogP contribution in [0, 0.1) is 0 Å². The maximum Gasteiger partial charge on any atom is 0.119 e. The Morgan fingerprint density at radius 1 is 1.53 bits per heavy atom. The number of aliphatic hydroxyl groups excluding tert-OH is 1. The molecule has 0 spiro atoms. The standard InChI is InChI=1S/C12H17NO2/c1-15-10-4-2-3-9(7-10)11(14)8-12(13)5-6-12/h2-4,7,11,14H,5-6,8,13H2,1H3. The molecule has 1 fully saturated rings. The molecule has 82 valence electrons. The maximum atomic E-state index is 9.98. The first kappa shape index (κ1) is 10.5. The number of benzene rings is 1. The molecule has 0 aromatic heterocycles. The van der Waals surface area contributed by atoms with E-state index in [1.165, 1.54) is 0 Å². The summed E-state index contributed by atoms with van der Waals surface area (Å²) in [6.07, 6.45) is 2.20. The van der Waals surface area contributed by atoms with Crippen molar-refractivity contribution in [2.75, 3.05) is 7.11 Å². The van der Waals surface area contributed by atoms with Gasteiger partial charge in [0.25, 0.3) is 0 Å². The molecule has 1 aliphatic rings. The van der Waals surface area contributed by atoms with Crippen LogP contribution >= 0.6 is 0 Å². The lowest BCUT2D eigenvalue weighted by molar-refractivity contribution is 0.154. The summed E-state index contributed by atoms with van der Waals surface area (Å²) in [5, 5.41) is 9.98. The topological polar surface area (TPSA) is 55.5 Å². The Bertz CT molecular complexity index is 347. The Morgan fingerprint density at radius 3 is 2.87 bits per heavy atom. The molecule has 1 aliphatic carbocycles. The SMILES string of the molecule is COc1cccc(C(O)CC2(N)CC2)c1. The van der Waals surface area contributed by atoms with Gasteiger partial charge in [-0.1, -0.05) is 12.1 Å². The second-order valence-electron chi connectivity index (χ2n) is 4.36. The predicted molar refractivity (Wildman–Crippen MR) is 58.7 cm³/mol. The number of aliphatic hydroxyl groups is 1. The van der Waals surface area contributed by atoms with Gasteiger partial charge in [-0.3, -0.25) is 0 Å². The molecule has 0 aliphatic heterocycles. The van der Waals surface area contributed by atoms with E-state index in [0.717, 1.165) is 24.2 Å². The van der Waals surface area contributed by atoms with Gasteiger partial charge in [-0.25, -0.2) is 0 Å². The molecular weight excluding hydrogens is 190 g/mol. The van der Waals surface area contributed by atoms with Crippen LogP contribution in [0.5, 0.6) is 5.75 Å². The van der Waals surface area contributed by atoms with Crippen LogP contribution in [-0.4, -0.2) is 17.8 Å². The normalized spacial score (nSPS) is 19.7. The van der Waals surface area contributed by atoms with Crippen LogP contribution in [0.4, 0.5) is 0 Å². The van der Waals surface area contributed by atoms with Crippen LogP contribution in [0.2, 0.25) is 0 Å². The van der Waals surface area contributed by atoms with Crippen molar-refractivity contribution in [3.05, 3.63) is 29.8 Å². The van der Waals surface area contributed by atoms with Crippen LogP contribution in [0.1, 0.15) is 30.9 Å². The van der Waals surface area contributed by atoms with E-state index in [4.69, 9.17) is 10.5 Å². The van der Waals surface area contributed by atoms with Gasteiger partial charge in [0.05, 0.1) is 13.2 Å². The molecule has 3 heteroatoms. The van der Waals surface area contributed by atoms with E-state index in [1.54, 1.807) is 7.11 Å². The molecule has 3 N–H and O–H groups in total. The lowest BCUT2D eigenvalue weighted by atomic mass is 10.0. The van der Waals surface area contributed by atoms with E-state index in [9.17, 15) is 5.11 Å². The zero-order valence-electron chi connectivity index (χ0n) is 8.94. The predicted octanol–water partition coefficient (Wildman–Crippen LogP) is 1.61. The van der Waals surface area contributed by atoms with E-state index >= 15 is 0 Å². The fraction of sp³-hybridized carbons (Fsp3) is 0.500. The Balaban J connectivity index is 2.07. The molecule has 1 aromatic rings. The highest BCUT2D eigenvalue weighted by molar-refractivity contribution is 5.30. The van der Waals surface area contributed by atoms with E-state index in [-0.39, 0.29) is 5.54 Å². The summed E-state index contributed by atoms with van der Waals surface area (Å²) in [4.78, 5) is 0. The lowest BCUT2D eigenvalue weighted by Gasteiger charge is -2.16. The van der Waals surface area contributed by atoms with Crippen LogP contribution in [0.25, 0.3) is 0 Å². The molecule has 3 nitrogen and oxygen atoms in total. The number of hydrogen-bond donors (Lipinski definition) is 2. The van der Waals surface area contributed by atoms with E-state index in [0.29, 0.717) is 6.42 Å². The summed E-state index contributed by atoms with van der Waals surface area (Å²) < 4.78 is 5.11. The molecule has 1 unspecified atom stereocenters. The number of hydrogen-bond acceptors (Lipinski definition) is 3. The fourth-order valence-electron chi connectivity index (χ4n) is 1.72. The quantitative estimate of drug-likeness (QED) is 0.788. The molecule has 2 rings (SSSR count). The van der Waals surface area contributed by atoms with Gasteiger partial charge in [0.2, 0.25) is 0 Å². The molecular formula is C12H17NO2. The number of nitrogens with two attached hydrogens (primary N) is 1. The van der Waals surface area contributed by atoms with E-state index < -0.39 is 6.10 Å². The minimum atomic E-state index is -0.479. The second-order valence-corrected chi connectivity index (χ2v) is 4.36. The van der Waals surface area contributed by atoms with Crippen molar-refractivity contribution in [2.24, 2.45) is 5.73 Å². The van der Waals surface area contributed by atoms with Crippen LogP contribution in [0.15, 0.2) is 24.3 Å². The van der Waals surface area contributed by atoms with E-state index in [2.05, 4.69) is 0 Å². The Morgan fingerprint density at radius 2 is 2.27 bits per heavy atom. The lowest BCUT2D eigenvalue weighted by Crippen LogP contribution is -2.24. The van der Waals surface area contributed by atoms with Gasteiger partial charge in [-0.05, 0) is 37.0 Å². The zero-order valence-corrected chi connectivity index (χ0v) is 8.94. The van der Waals surface area contributed by atoms with Crippen LogP contribution < -0.4 is 10.5 Å². The first-order valence-electron chi connectivity index (χ1n) is 5.24. The Hall–Kier alpha value is -1.06. The molecule has 0 heterocycles. The summed E-state index contributed by atoms with van der Waals surface area (Å²) in [6, 6.07) is 7.51. The Labute approximate surface area is 89.9 Å². The Kier molecular flexibility index (Phi) is 2.67. The molecule has 0 saturated heterocycles. The van der Waals surface area contributed by atoms with Crippen LogP contribution in [0.3, 0.4) is 0 Å². The average molecular weight is 207 g/mol. The summed E-state index contributed by atoms with van der Waals surface area (Å²) in [5.74, 6) is 0.772. The van der Waals surface area contributed by atoms with Gasteiger partial charge in [-0.15, -0.1) is 0 Å².